The van der Waals surface area contributed by atoms with Crippen molar-refractivity contribution in [2.45, 2.75) is 39.3 Å². The Balaban J connectivity index is 1.89. The van der Waals surface area contributed by atoms with Crippen LogP contribution in [0, 0.1) is 5.82 Å². The van der Waals surface area contributed by atoms with E-state index in [0.717, 1.165) is 24.8 Å². The van der Waals surface area contributed by atoms with Crippen molar-refractivity contribution in [2.75, 3.05) is 18.1 Å². The number of halogens is 2. The highest BCUT2D eigenvalue weighted by Crippen LogP contribution is 2.39. The SMILES string of the molecule is C=C(C)CN1C(=O)COc2cc(F)c(-c3c(Cl)n4n(c3=O)CCCCC4)cc21. The summed E-state index contributed by atoms with van der Waals surface area (Å²) < 4.78 is 23.6. The zero-order valence-electron chi connectivity index (χ0n) is 15.6. The maximum Gasteiger partial charge on any atom is 0.276 e. The Morgan fingerprint density at radius 3 is 2.64 bits per heavy atom. The summed E-state index contributed by atoms with van der Waals surface area (Å²) in [6.07, 6.45) is 2.80. The molecule has 1 aromatic heterocycles. The van der Waals surface area contributed by atoms with Crippen LogP contribution in [-0.2, 0) is 17.9 Å². The Labute approximate surface area is 166 Å². The largest absolute Gasteiger partial charge is 0.481 e. The van der Waals surface area contributed by atoms with Crippen LogP contribution in [0.25, 0.3) is 11.1 Å². The van der Waals surface area contributed by atoms with Gasteiger partial charge in [-0.25, -0.2) is 9.07 Å². The van der Waals surface area contributed by atoms with E-state index in [1.54, 1.807) is 16.3 Å². The second-order valence-corrected chi connectivity index (χ2v) is 7.66. The van der Waals surface area contributed by atoms with Gasteiger partial charge in [0.25, 0.3) is 11.5 Å². The molecule has 0 saturated carbocycles. The second-order valence-electron chi connectivity index (χ2n) is 7.30. The normalized spacial score (nSPS) is 16.2. The molecule has 0 saturated heterocycles. The fourth-order valence-corrected chi connectivity index (χ4v) is 4.14. The number of rotatable bonds is 3. The Bertz CT molecular complexity index is 1040. The van der Waals surface area contributed by atoms with E-state index in [2.05, 4.69) is 6.58 Å². The fourth-order valence-electron chi connectivity index (χ4n) is 3.79. The lowest BCUT2D eigenvalue weighted by molar-refractivity contribution is -0.121. The van der Waals surface area contributed by atoms with Gasteiger partial charge in [0.1, 0.15) is 16.7 Å². The third-order valence-electron chi connectivity index (χ3n) is 5.10. The van der Waals surface area contributed by atoms with Gasteiger partial charge in [0, 0.05) is 31.3 Å². The number of aromatic nitrogens is 2. The summed E-state index contributed by atoms with van der Waals surface area (Å²) >= 11 is 6.51. The average Bonchev–Trinajstić information content (AvgIpc) is 2.82. The van der Waals surface area contributed by atoms with E-state index in [1.807, 2.05) is 0 Å². The smallest absolute Gasteiger partial charge is 0.276 e. The van der Waals surface area contributed by atoms with Gasteiger partial charge in [-0.1, -0.05) is 23.8 Å². The molecule has 2 aromatic rings. The summed E-state index contributed by atoms with van der Waals surface area (Å²) in [5, 5.41) is 0.222. The highest BCUT2D eigenvalue weighted by atomic mass is 35.5. The Morgan fingerprint density at radius 2 is 1.93 bits per heavy atom. The lowest BCUT2D eigenvalue weighted by atomic mass is 10.1. The van der Waals surface area contributed by atoms with Crippen LogP contribution in [0.15, 0.2) is 29.1 Å². The molecule has 8 heteroatoms. The number of nitrogens with zero attached hydrogens (tertiary/aromatic N) is 3. The minimum absolute atomic E-state index is 0.0758. The minimum Gasteiger partial charge on any atom is -0.481 e. The first kappa shape index (κ1) is 18.8. The van der Waals surface area contributed by atoms with Gasteiger partial charge in [0.05, 0.1) is 11.3 Å². The summed E-state index contributed by atoms with van der Waals surface area (Å²) in [6, 6.07) is 2.69. The van der Waals surface area contributed by atoms with Crippen molar-refractivity contribution >= 4 is 23.2 Å². The van der Waals surface area contributed by atoms with E-state index in [9.17, 15) is 14.0 Å². The van der Waals surface area contributed by atoms with Gasteiger partial charge in [-0.3, -0.25) is 14.3 Å². The predicted octanol–water partition coefficient (Wildman–Crippen LogP) is 3.59. The zero-order valence-corrected chi connectivity index (χ0v) is 16.4. The number of anilines is 1. The molecule has 0 spiro atoms. The van der Waals surface area contributed by atoms with E-state index in [4.69, 9.17) is 16.3 Å². The number of amides is 1. The predicted molar refractivity (Wildman–Crippen MR) is 106 cm³/mol. The van der Waals surface area contributed by atoms with E-state index in [1.165, 1.54) is 17.0 Å². The van der Waals surface area contributed by atoms with Crippen LogP contribution in [0.2, 0.25) is 5.15 Å². The first-order valence-corrected chi connectivity index (χ1v) is 9.67. The maximum atomic E-state index is 14.9. The van der Waals surface area contributed by atoms with E-state index in [-0.39, 0.29) is 40.1 Å². The summed E-state index contributed by atoms with van der Waals surface area (Å²) in [6.45, 7) is 6.95. The van der Waals surface area contributed by atoms with Crippen LogP contribution in [-0.4, -0.2) is 28.4 Å². The van der Waals surface area contributed by atoms with Crippen LogP contribution in [0.3, 0.4) is 0 Å². The van der Waals surface area contributed by atoms with Crippen molar-refractivity contribution in [3.8, 4) is 16.9 Å². The average molecular weight is 406 g/mol. The summed E-state index contributed by atoms with van der Waals surface area (Å²) in [7, 11) is 0. The highest BCUT2D eigenvalue weighted by Gasteiger charge is 2.30. The van der Waals surface area contributed by atoms with Crippen molar-refractivity contribution in [3.63, 3.8) is 0 Å². The number of hydrogen-bond acceptors (Lipinski definition) is 3. The Hall–Kier alpha value is -2.54. The number of ether oxygens (including phenoxy) is 1. The molecule has 0 fully saturated rings. The molecule has 0 aliphatic carbocycles. The molecule has 28 heavy (non-hydrogen) atoms. The molecule has 0 atom stereocenters. The number of carbonyl (C=O) groups excluding carboxylic acids is 1. The molecule has 2 aliphatic heterocycles. The van der Waals surface area contributed by atoms with Crippen molar-refractivity contribution in [1.29, 1.82) is 0 Å². The molecule has 0 unspecified atom stereocenters. The van der Waals surface area contributed by atoms with Crippen LogP contribution >= 0.6 is 11.6 Å². The van der Waals surface area contributed by atoms with Gasteiger partial charge >= 0.3 is 0 Å². The topological polar surface area (TPSA) is 56.5 Å². The highest BCUT2D eigenvalue weighted by molar-refractivity contribution is 6.32. The maximum absolute atomic E-state index is 14.9. The van der Waals surface area contributed by atoms with Crippen LogP contribution in [0.4, 0.5) is 10.1 Å². The molecule has 3 heterocycles. The lowest BCUT2D eigenvalue weighted by Gasteiger charge is -2.30. The first-order valence-electron chi connectivity index (χ1n) is 9.29. The number of benzene rings is 1. The first-order chi connectivity index (χ1) is 13.4. The molecule has 4 rings (SSSR count). The fraction of sp³-hybridized carbons (Fsp3) is 0.400. The van der Waals surface area contributed by atoms with Gasteiger partial charge in [0.2, 0.25) is 0 Å². The van der Waals surface area contributed by atoms with Crippen molar-refractivity contribution in [3.05, 3.63) is 45.6 Å². The summed E-state index contributed by atoms with van der Waals surface area (Å²) in [4.78, 5) is 26.8. The second kappa shape index (κ2) is 7.13. The Morgan fingerprint density at radius 1 is 1.21 bits per heavy atom. The van der Waals surface area contributed by atoms with Crippen LogP contribution in [0.1, 0.15) is 26.2 Å². The molecule has 0 radical (unpaired) electrons. The third kappa shape index (κ3) is 3.03. The van der Waals surface area contributed by atoms with Gasteiger partial charge in [-0.2, -0.15) is 0 Å². The molecule has 2 aliphatic rings. The van der Waals surface area contributed by atoms with Crippen molar-refractivity contribution in [1.82, 2.24) is 9.36 Å². The van der Waals surface area contributed by atoms with E-state index in [0.29, 0.717) is 25.3 Å². The molecular formula is C20H21ClFN3O3. The summed E-state index contributed by atoms with van der Waals surface area (Å²) in [5.74, 6) is -0.591. The summed E-state index contributed by atoms with van der Waals surface area (Å²) in [5.41, 5.74) is 1.07. The van der Waals surface area contributed by atoms with Crippen molar-refractivity contribution in [2.24, 2.45) is 0 Å². The molecular weight excluding hydrogens is 385 g/mol. The third-order valence-corrected chi connectivity index (χ3v) is 5.49. The monoisotopic (exact) mass is 405 g/mol. The standard InChI is InChI=1S/C20H21ClFN3O3/c1-12(2)10-23-15-8-13(14(22)9-16(15)28-11-17(23)26)18-19(21)24-6-4-3-5-7-25(24)20(18)27/h8-9H,1,3-7,10-11H2,2H3. The quantitative estimate of drug-likeness (QED) is 0.733. The minimum atomic E-state index is -0.608. The molecule has 1 amide bonds. The zero-order chi connectivity index (χ0) is 20.0. The lowest BCUT2D eigenvalue weighted by Crippen LogP contribution is -2.39. The number of carbonyl (C=O) groups is 1. The van der Waals surface area contributed by atoms with Crippen LogP contribution in [0.5, 0.6) is 5.75 Å². The van der Waals surface area contributed by atoms with Gasteiger partial charge < -0.3 is 9.64 Å². The molecule has 1 aromatic carbocycles. The molecule has 148 valence electrons. The van der Waals surface area contributed by atoms with Crippen LogP contribution < -0.4 is 15.2 Å². The van der Waals surface area contributed by atoms with Crippen molar-refractivity contribution < 1.29 is 13.9 Å². The van der Waals surface area contributed by atoms with E-state index < -0.39 is 5.82 Å². The Kier molecular flexibility index (Phi) is 4.79. The number of hydrogen-bond donors (Lipinski definition) is 0. The van der Waals surface area contributed by atoms with Gasteiger partial charge in [-0.05, 0) is 32.3 Å². The van der Waals surface area contributed by atoms with Gasteiger partial charge in [0.15, 0.2) is 6.61 Å². The van der Waals surface area contributed by atoms with Gasteiger partial charge in [-0.15, -0.1) is 0 Å². The molecule has 0 N–H and O–H groups in total. The number of fused-ring (bicyclic) bond motifs is 2. The molecule has 6 nitrogen and oxygen atoms in total. The molecule has 0 bridgehead atoms. The van der Waals surface area contributed by atoms with E-state index >= 15 is 0 Å².